The molecule has 1 N–H and O–H groups in total. The van der Waals surface area contributed by atoms with Gasteiger partial charge in [0.25, 0.3) is 0 Å². The summed E-state index contributed by atoms with van der Waals surface area (Å²) in [4.78, 5) is 17.0. The number of aliphatic hydroxyl groups is 1. The Labute approximate surface area is 158 Å². The fourth-order valence-electron chi connectivity index (χ4n) is 3.79. The number of aryl methyl sites for hydroxylation is 2. The van der Waals surface area contributed by atoms with Crippen LogP contribution in [0.5, 0.6) is 0 Å². The van der Waals surface area contributed by atoms with E-state index >= 15 is 0 Å². The average Bonchev–Trinajstić information content (AvgIpc) is 3.28. The standard InChI is InChI=1S/C22H22N2O3/c1-13(25)15-4-3-5-18(10-15)21(26)12-17-7-6-16-11-19(8-9-20(16)17)22-23-14(2)27-24-22/h3-5,8-11,13,17,25H,6-7,12H2,1-2H3/t13-,17+/m1/s1. The van der Waals surface area contributed by atoms with Crippen LogP contribution in [0.2, 0.25) is 0 Å². The van der Waals surface area contributed by atoms with Gasteiger partial charge >= 0.3 is 0 Å². The molecule has 2 atom stereocenters. The van der Waals surface area contributed by atoms with Crippen molar-refractivity contribution >= 4 is 5.78 Å². The maximum absolute atomic E-state index is 12.8. The Kier molecular flexibility index (Phi) is 4.62. The maximum Gasteiger partial charge on any atom is 0.223 e. The SMILES string of the molecule is Cc1nc(-c2ccc3c(c2)CC[C@H]3CC(=O)c2cccc([C@@H](C)O)c2)no1. The molecule has 0 saturated heterocycles. The Morgan fingerprint density at radius 2 is 2.15 bits per heavy atom. The molecule has 0 saturated carbocycles. The third-order valence-electron chi connectivity index (χ3n) is 5.25. The van der Waals surface area contributed by atoms with E-state index in [1.54, 1.807) is 19.9 Å². The van der Waals surface area contributed by atoms with Gasteiger partial charge in [-0.05, 0) is 54.5 Å². The zero-order chi connectivity index (χ0) is 19.0. The van der Waals surface area contributed by atoms with Gasteiger partial charge in [-0.2, -0.15) is 4.98 Å². The number of hydrogen-bond acceptors (Lipinski definition) is 5. The summed E-state index contributed by atoms with van der Waals surface area (Å²) in [7, 11) is 0. The van der Waals surface area contributed by atoms with Gasteiger partial charge in [-0.15, -0.1) is 0 Å². The van der Waals surface area contributed by atoms with Crippen molar-refractivity contribution in [1.82, 2.24) is 10.1 Å². The number of carbonyl (C=O) groups is 1. The van der Waals surface area contributed by atoms with Crippen molar-refractivity contribution in [1.29, 1.82) is 0 Å². The summed E-state index contributed by atoms with van der Waals surface area (Å²) in [5.41, 5.74) is 4.88. The molecule has 0 fully saturated rings. The predicted molar refractivity (Wildman–Crippen MR) is 102 cm³/mol. The second-order valence-electron chi connectivity index (χ2n) is 7.21. The molecule has 0 radical (unpaired) electrons. The number of aliphatic hydroxyl groups excluding tert-OH is 1. The lowest BCUT2D eigenvalue weighted by molar-refractivity contribution is 0.0973. The summed E-state index contributed by atoms with van der Waals surface area (Å²) >= 11 is 0. The topological polar surface area (TPSA) is 76.2 Å². The normalized spacial score (nSPS) is 16.9. The fourth-order valence-corrected chi connectivity index (χ4v) is 3.79. The number of fused-ring (bicyclic) bond motifs is 1. The Balaban J connectivity index is 1.53. The molecule has 1 aliphatic rings. The van der Waals surface area contributed by atoms with Crippen molar-refractivity contribution in [2.24, 2.45) is 0 Å². The summed E-state index contributed by atoms with van der Waals surface area (Å²) in [5, 5.41) is 13.7. The summed E-state index contributed by atoms with van der Waals surface area (Å²) < 4.78 is 5.06. The van der Waals surface area contributed by atoms with Crippen molar-refractivity contribution in [2.75, 3.05) is 0 Å². The first-order valence-electron chi connectivity index (χ1n) is 9.26. The second kappa shape index (κ2) is 7.08. The molecule has 2 aromatic carbocycles. The first kappa shape index (κ1) is 17.6. The van der Waals surface area contributed by atoms with Crippen LogP contribution in [0.15, 0.2) is 47.0 Å². The highest BCUT2D eigenvalue weighted by Gasteiger charge is 2.26. The van der Waals surface area contributed by atoms with E-state index in [4.69, 9.17) is 4.52 Å². The lowest BCUT2D eigenvalue weighted by atomic mass is 9.92. The zero-order valence-corrected chi connectivity index (χ0v) is 15.5. The van der Waals surface area contributed by atoms with E-state index in [-0.39, 0.29) is 11.7 Å². The summed E-state index contributed by atoms with van der Waals surface area (Å²) in [6.45, 7) is 3.48. The van der Waals surface area contributed by atoms with Gasteiger partial charge in [0.1, 0.15) is 0 Å². The smallest absolute Gasteiger partial charge is 0.223 e. The highest BCUT2D eigenvalue weighted by molar-refractivity contribution is 5.96. The Morgan fingerprint density at radius 1 is 1.30 bits per heavy atom. The van der Waals surface area contributed by atoms with Gasteiger partial charge in [-0.1, -0.05) is 35.5 Å². The number of ketones is 1. The fraction of sp³-hybridized carbons (Fsp3) is 0.318. The lowest BCUT2D eigenvalue weighted by Gasteiger charge is -2.12. The summed E-state index contributed by atoms with van der Waals surface area (Å²) in [6.07, 6.45) is 1.83. The van der Waals surface area contributed by atoms with Crippen LogP contribution in [0.1, 0.15) is 64.7 Å². The van der Waals surface area contributed by atoms with Crippen LogP contribution < -0.4 is 0 Å². The molecule has 1 heterocycles. The number of Topliss-reactive ketones (excluding diaryl/α,β-unsaturated/α-hetero) is 1. The molecular weight excluding hydrogens is 340 g/mol. The quantitative estimate of drug-likeness (QED) is 0.681. The summed E-state index contributed by atoms with van der Waals surface area (Å²) in [6, 6.07) is 13.5. The first-order chi connectivity index (χ1) is 13.0. The molecule has 3 aromatic rings. The van der Waals surface area contributed by atoms with Crippen molar-refractivity contribution in [3.8, 4) is 11.4 Å². The molecule has 0 aliphatic heterocycles. The number of rotatable bonds is 5. The minimum Gasteiger partial charge on any atom is -0.389 e. The Hall–Kier alpha value is -2.79. The van der Waals surface area contributed by atoms with Crippen LogP contribution in [0.4, 0.5) is 0 Å². The molecule has 1 aromatic heterocycles. The monoisotopic (exact) mass is 362 g/mol. The zero-order valence-electron chi connectivity index (χ0n) is 15.5. The highest BCUT2D eigenvalue weighted by atomic mass is 16.5. The van der Waals surface area contributed by atoms with E-state index in [1.165, 1.54) is 11.1 Å². The minimum absolute atomic E-state index is 0.119. The van der Waals surface area contributed by atoms with Crippen LogP contribution in [0.3, 0.4) is 0 Å². The minimum atomic E-state index is -0.572. The van der Waals surface area contributed by atoms with Gasteiger partial charge in [-0.25, -0.2) is 0 Å². The third-order valence-corrected chi connectivity index (χ3v) is 5.25. The molecule has 0 unspecified atom stereocenters. The van der Waals surface area contributed by atoms with Gasteiger partial charge in [-0.3, -0.25) is 4.79 Å². The van der Waals surface area contributed by atoms with E-state index in [1.807, 2.05) is 24.3 Å². The predicted octanol–water partition coefficient (Wildman–Crippen LogP) is 4.40. The van der Waals surface area contributed by atoms with Crippen molar-refractivity contribution in [3.05, 3.63) is 70.6 Å². The van der Waals surface area contributed by atoms with Gasteiger partial charge < -0.3 is 9.63 Å². The lowest BCUT2D eigenvalue weighted by Crippen LogP contribution is -2.06. The van der Waals surface area contributed by atoms with Crippen LogP contribution in [0.25, 0.3) is 11.4 Å². The van der Waals surface area contributed by atoms with E-state index in [0.29, 0.717) is 23.7 Å². The van der Waals surface area contributed by atoms with Crippen molar-refractivity contribution < 1.29 is 14.4 Å². The van der Waals surface area contributed by atoms with Crippen LogP contribution in [-0.4, -0.2) is 21.0 Å². The number of nitrogens with zero attached hydrogens (tertiary/aromatic N) is 2. The van der Waals surface area contributed by atoms with E-state index in [2.05, 4.69) is 22.3 Å². The van der Waals surface area contributed by atoms with Crippen LogP contribution in [-0.2, 0) is 6.42 Å². The molecule has 5 nitrogen and oxygen atoms in total. The van der Waals surface area contributed by atoms with E-state index in [0.717, 1.165) is 24.0 Å². The number of carbonyl (C=O) groups excluding carboxylic acids is 1. The average molecular weight is 362 g/mol. The van der Waals surface area contributed by atoms with Crippen LogP contribution in [0, 0.1) is 6.92 Å². The summed E-state index contributed by atoms with van der Waals surface area (Å²) in [5.74, 6) is 1.50. The van der Waals surface area contributed by atoms with Crippen molar-refractivity contribution in [2.45, 2.75) is 45.1 Å². The number of benzene rings is 2. The van der Waals surface area contributed by atoms with E-state index in [9.17, 15) is 9.90 Å². The Morgan fingerprint density at radius 3 is 2.89 bits per heavy atom. The van der Waals surface area contributed by atoms with Gasteiger partial charge in [0.05, 0.1) is 6.10 Å². The number of hydrogen-bond donors (Lipinski definition) is 1. The molecule has 0 bridgehead atoms. The molecule has 27 heavy (non-hydrogen) atoms. The molecule has 138 valence electrons. The highest BCUT2D eigenvalue weighted by Crippen LogP contribution is 2.38. The van der Waals surface area contributed by atoms with Gasteiger partial charge in [0.2, 0.25) is 11.7 Å². The molecule has 0 amide bonds. The number of aromatic nitrogens is 2. The molecule has 1 aliphatic carbocycles. The maximum atomic E-state index is 12.8. The van der Waals surface area contributed by atoms with Crippen LogP contribution >= 0.6 is 0 Å². The Bertz CT molecular complexity index is 991. The molecule has 0 spiro atoms. The molecule has 5 heteroatoms. The second-order valence-corrected chi connectivity index (χ2v) is 7.21. The van der Waals surface area contributed by atoms with Gasteiger partial charge in [0.15, 0.2) is 5.78 Å². The van der Waals surface area contributed by atoms with Crippen molar-refractivity contribution in [3.63, 3.8) is 0 Å². The van der Waals surface area contributed by atoms with Gasteiger partial charge in [0, 0.05) is 24.5 Å². The van der Waals surface area contributed by atoms with E-state index < -0.39 is 6.10 Å². The molecule has 4 rings (SSSR count). The molecular formula is C22H22N2O3. The largest absolute Gasteiger partial charge is 0.389 e. The third kappa shape index (κ3) is 3.55. The first-order valence-corrected chi connectivity index (χ1v) is 9.26.